The molecule has 1 fully saturated rings. The molecule has 4 rings (SSSR count). The van der Waals surface area contributed by atoms with Crippen molar-refractivity contribution in [2.45, 2.75) is 39.8 Å². The molecule has 1 saturated heterocycles. The minimum Gasteiger partial charge on any atom is -0.496 e. The van der Waals surface area contributed by atoms with Gasteiger partial charge >= 0.3 is 0 Å². The lowest BCUT2D eigenvalue weighted by molar-refractivity contribution is -0.384. The van der Waals surface area contributed by atoms with Crippen molar-refractivity contribution in [3.63, 3.8) is 0 Å². The highest BCUT2D eigenvalue weighted by molar-refractivity contribution is 7.80. The molecule has 0 amide bonds. The van der Waals surface area contributed by atoms with Crippen molar-refractivity contribution in [1.29, 1.82) is 0 Å². The molecule has 3 aromatic rings. The maximum absolute atomic E-state index is 11.9. The van der Waals surface area contributed by atoms with E-state index in [-0.39, 0.29) is 22.7 Å². The normalized spacial score (nSPS) is 17.8. The van der Waals surface area contributed by atoms with Crippen LogP contribution in [0, 0.1) is 29.9 Å². The Kier molecular flexibility index (Phi) is 6.56. The third kappa shape index (κ3) is 4.23. The first-order chi connectivity index (χ1) is 16.2. The van der Waals surface area contributed by atoms with Gasteiger partial charge in [-0.1, -0.05) is 19.9 Å². The van der Waals surface area contributed by atoms with Crippen LogP contribution in [0.25, 0.3) is 5.69 Å². The fourth-order valence-electron chi connectivity index (χ4n) is 4.76. The second kappa shape index (κ2) is 9.42. The third-order valence-corrected chi connectivity index (χ3v) is 6.52. The molecule has 8 nitrogen and oxygen atoms in total. The summed E-state index contributed by atoms with van der Waals surface area (Å²) in [6.07, 6.45) is 1.78. The summed E-state index contributed by atoms with van der Waals surface area (Å²) in [6.45, 7) is 9.08. The average Bonchev–Trinajstić information content (AvgIpc) is 3.28. The number of ether oxygens (including phenoxy) is 1. The smallest absolute Gasteiger partial charge is 0.296 e. The minimum atomic E-state index is -0.371. The van der Waals surface area contributed by atoms with Crippen molar-refractivity contribution in [2.75, 3.05) is 13.7 Å². The molecule has 2 atom stereocenters. The number of nitrogens with zero attached hydrogens (tertiary/aromatic N) is 4. The molecule has 1 aromatic carbocycles. The van der Waals surface area contributed by atoms with E-state index in [0.717, 1.165) is 29.2 Å². The number of pyridine rings is 1. The van der Waals surface area contributed by atoms with Gasteiger partial charge in [0.05, 0.1) is 35.9 Å². The van der Waals surface area contributed by atoms with E-state index in [2.05, 4.69) is 35.1 Å². The number of hydrogen-bond acceptors (Lipinski definition) is 5. The van der Waals surface area contributed by atoms with Crippen LogP contribution in [-0.2, 0) is 0 Å². The predicted octanol–water partition coefficient (Wildman–Crippen LogP) is 5.03. The first-order valence-electron chi connectivity index (χ1n) is 11.2. The molecule has 1 N–H and O–H groups in total. The summed E-state index contributed by atoms with van der Waals surface area (Å²) in [5, 5.41) is 16.1. The van der Waals surface area contributed by atoms with Gasteiger partial charge in [0.25, 0.3) is 5.69 Å². The molecular formula is C25H29N5O3S. The van der Waals surface area contributed by atoms with Gasteiger partial charge in [0.15, 0.2) is 5.11 Å². The molecule has 0 saturated carbocycles. The topological polar surface area (TPSA) is 85.5 Å². The summed E-state index contributed by atoms with van der Waals surface area (Å²) in [5.74, 6) is 0.845. The molecular weight excluding hydrogens is 450 g/mol. The number of nitro benzene ring substituents is 1. The molecule has 3 heterocycles. The minimum absolute atomic E-state index is 0.00641. The fraction of sp³-hybridized carbons (Fsp3) is 0.360. The zero-order chi connectivity index (χ0) is 24.6. The van der Waals surface area contributed by atoms with Crippen LogP contribution in [0.4, 0.5) is 5.69 Å². The zero-order valence-corrected chi connectivity index (χ0v) is 20.8. The van der Waals surface area contributed by atoms with Crippen LogP contribution in [0.1, 0.15) is 48.6 Å². The Bertz CT molecular complexity index is 1220. The van der Waals surface area contributed by atoms with E-state index in [1.54, 1.807) is 18.3 Å². The summed E-state index contributed by atoms with van der Waals surface area (Å²) < 4.78 is 7.16. The van der Waals surface area contributed by atoms with Crippen LogP contribution in [0.15, 0.2) is 48.7 Å². The molecule has 178 valence electrons. The molecule has 2 aromatic heterocycles. The quantitative estimate of drug-likeness (QED) is 0.289. The molecule has 0 unspecified atom stereocenters. The van der Waals surface area contributed by atoms with Gasteiger partial charge in [-0.2, -0.15) is 0 Å². The molecule has 9 heteroatoms. The van der Waals surface area contributed by atoms with E-state index >= 15 is 0 Å². The van der Waals surface area contributed by atoms with Crippen molar-refractivity contribution < 1.29 is 9.66 Å². The Morgan fingerprint density at radius 3 is 2.62 bits per heavy atom. The van der Waals surface area contributed by atoms with Crippen LogP contribution in [0.2, 0.25) is 0 Å². The van der Waals surface area contributed by atoms with Gasteiger partial charge in [-0.3, -0.25) is 15.1 Å². The monoisotopic (exact) mass is 479 g/mol. The van der Waals surface area contributed by atoms with Crippen LogP contribution in [-0.4, -0.2) is 38.1 Å². The molecule has 1 aliphatic heterocycles. The van der Waals surface area contributed by atoms with Gasteiger partial charge in [0.1, 0.15) is 11.4 Å². The van der Waals surface area contributed by atoms with Gasteiger partial charge < -0.3 is 19.5 Å². The van der Waals surface area contributed by atoms with E-state index in [4.69, 9.17) is 17.0 Å². The number of benzene rings is 1. The summed E-state index contributed by atoms with van der Waals surface area (Å²) in [6, 6.07) is 12.7. The van der Waals surface area contributed by atoms with E-state index in [0.29, 0.717) is 22.5 Å². The molecule has 0 radical (unpaired) electrons. The first-order valence-corrected chi connectivity index (χ1v) is 11.6. The van der Waals surface area contributed by atoms with Crippen molar-refractivity contribution in [1.82, 2.24) is 19.8 Å². The molecule has 0 aliphatic carbocycles. The number of aromatic nitrogens is 2. The largest absolute Gasteiger partial charge is 0.496 e. The lowest BCUT2D eigenvalue weighted by atomic mass is 9.96. The molecule has 34 heavy (non-hydrogen) atoms. The van der Waals surface area contributed by atoms with Gasteiger partial charge in [-0.05, 0) is 67.9 Å². The second-order valence-corrected chi connectivity index (χ2v) is 9.33. The maximum atomic E-state index is 11.9. The van der Waals surface area contributed by atoms with E-state index < -0.39 is 0 Å². The van der Waals surface area contributed by atoms with Crippen LogP contribution < -0.4 is 10.1 Å². The van der Waals surface area contributed by atoms with Crippen LogP contribution in [0.5, 0.6) is 5.75 Å². The standard InChI is InChI=1S/C25H29N5O3S/c1-15(2)14-28-24(23(27-25(28)34)20-8-6-7-11-26-20)19-12-16(3)29(17(19)4)21-10-9-18(33-5)13-22(21)30(31)32/h6-13,15,23-24H,14H2,1-5H3,(H,27,34)/t23-,24+/m1/s1. The van der Waals surface area contributed by atoms with Crippen molar-refractivity contribution in [3.8, 4) is 11.4 Å². The van der Waals surface area contributed by atoms with Crippen LogP contribution in [0.3, 0.4) is 0 Å². The highest BCUT2D eigenvalue weighted by atomic mass is 32.1. The average molecular weight is 480 g/mol. The number of aryl methyl sites for hydroxylation is 1. The molecule has 1 aliphatic rings. The lowest BCUT2D eigenvalue weighted by Crippen LogP contribution is -2.33. The molecule has 0 spiro atoms. The number of rotatable bonds is 7. The third-order valence-electron chi connectivity index (χ3n) is 6.17. The van der Waals surface area contributed by atoms with Gasteiger partial charge in [0, 0.05) is 24.1 Å². The lowest BCUT2D eigenvalue weighted by Gasteiger charge is -2.29. The number of methoxy groups -OCH3 is 1. The zero-order valence-electron chi connectivity index (χ0n) is 20.0. The van der Waals surface area contributed by atoms with Crippen molar-refractivity contribution in [3.05, 3.63) is 81.4 Å². The number of thiocarbonyl (C=S) groups is 1. The SMILES string of the molecule is COc1ccc(-n2c(C)cc([C@H]3[C@@H](c4ccccn4)NC(=S)N3CC(C)C)c2C)c([N+](=O)[O-])c1. The Morgan fingerprint density at radius 1 is 1.24 bits per heavy atom. The Hall–Kier alpha value is -3.46. The Labute approximate surface area is 204 Å². The van der Waals surface area contributed by atoms with Crippen molar-refractivity contribution >= 4 is 23.0 Å². The van der Waals surface area contributed by atoms with E-state index in [9.17, 15) is 10.1 Å². The number of nitro groups is 1. The maximum Gasteiger partial charge on any atom is 0.296 e. The van der Waals surface area contributed by atoms with Crippen LogP contribution >= 0.6 is 12.2 Å². The first kappa shape index (κ1) is 23.7. The molecule has 0 bridgehead atoms. The Morgan fingerprint density at radius 2 is 2.00 bits per heavy atom. The number of nitrogens with one attached hydrogen (secondary N) is 1. The highest BCUT2D eigenvalue weighted by Crippen LogP contribution is 2.42. The van der Waals surface area contributed by atoms with Gasteiger partial charge in [-0.15, -0.1) is 0 Å². The summed E-state index contributed by atoms with van der Waals surface area (Å²) in [4.78, 5) is 18.3. The fourth-order valence-corrected chi connectivity index (χ4v) is 5.07. The van der Waals surface area contributed by atoms with Gasteiger partial charge in [0.2, 0.25) is 0 Å². The summed E-state index contributed by atoms with van der Waals surface area (Å²) in [7, 11) is 1.50. The van der Waals surface area contributed by atoms with Crippen molar-refractivity contribution in [2.24, 2.45) is 5.92 Å². The second-order valence-electron chi connectivity index (χ2n) is 8.95. The van der Waals surface area contributed by atoms with Gasteiger partial charge in [-0.25, -0.2) is 0 Å². The predicted molar refractivity (Wildman–Crippen MR) is 135 cm³/mol. The van der Waals surface area contributed by atoms with E-state index in [1.807, 2.05) is 36.6 Å². The highest BCUT2D eigenvalue weighted by Gasteiger charge is 2.41. The summed E-state index contributed by atoms with van der Waals surface area (Å²) in [5.41, 5.74) is 4.30. The number of hydrogen-bond donors (Lipinski definition) is 1. The Balaban J connectivity index is 1.87. The van der Waals surface area contributed by atoms with E-state index in [1.165, 1.54) is 13.2 Å². The summed E-state index contributed by atoms with van der Waals surface area (Å²) >= 11 is 5.75.